The second-order valence-corrected chi connectivity index (χ2v) is 7.34. The van der Waals surface area contributed by atoms with Gasteiger partial charge in [-0.05, 0) is 43.9 Å². The number of H-pyrrole nitrogens is 1. The van der Waals surface area contributed by atoms with Gasteiger partial charge in [0.05, 0.1) is 17.5 Å². The molecule has 30 heavy (non-hydrogen) atoms. The molecule has 0 atom stereocenters. The summed E-state index contributed by atoms with van der Waals surface area (Å²) in [5, 5.41) is 12.8. The third-order valence-electron chi connectivity index (χ3n) is 5.26. The van der Waals surface area contributed by atoms with Crippen molar-refractivity contribution in [1.29, 1.82) is 5.26 Å². The Morgan fingerprint density at radius 1 is 1.13 bits per heavy atom. The van der Waals surface area contributed by atoms with E-state index in [0.717, 1.165) is 0 Å². The minimum Gasteiger partial charge on any atom is -0.490 e. The van der Waals surface area contributed by atoms with Crippen LogP contribution in [0.5, 0.6) is 5.75 Å². The number of alkyl halides is 3. The van der Waals surface area contributed by atoms with Crippen LogP contribution in [-0.2, 0) is 0 Å². The van der Waals surface area contributed by atoms with Crippen LogP contribution in [0.3, 0.4) is 0 Å². The summed E-state index contributed by atoms with van der Waals surface area (Å²) in [6, 6.07) is 10.0. The van der Waals surface area contributed by atoms with Crippen LogP contribution in [-0.4, -0.2) is 22.2 Å². The molecule has 0 radical (unpaired) electrons. The Bertz CT molecular complexity index is 1090. The Labute approximate surface area is 169 Å². The van der Waals surface area contributed by atoms with Crippen LogP contribution in [0.4, 0.5) is 29.1 Å². The van der Waals surface area contributed by atoms with Gasteiger partial charge in [0.1, 0.15) is 29.1 Å². The fraction of sp³-hybridized carbons (Fsp3) is 0.333. The maximum Gasteiger partial charge on any atom is 0.391 e. The highest BCUT2D eigenvalue weighted by Crippen LogP contribution is 2.38. The zero-order valence-electron chi connectivity index (χ0n) is 15.8. The average Bonchev–Trinajstić information content (AvgIpc) is 3.07. The predicted octanol–water partition coefficient (Wildman–Crippen LogP) is 5.82. The SMILES string of the molecule is N#Cc1cc(OC2CCC(C(F)(F)F)CC2)cc(Nc2ccc3c(F)c[nH]c3c2)n1. The van der Waals surface area contributed by atoms with Crippen LogP contribution in [0.25, 0.3) is 10.9 Å². The standard InChI is InChI=1S/C21H18F4N4O/c22-18-11-27-19-8-13(3-6-17(18)19)28-20-9-16(7-14(10-26)29-20)30-15-4-1-12(2-5-15)21(23,24)25/h3,6-9,11-12,15,27H,1-2,4-5H2,(H,28,29). The summed E-state index contributed by atoms with van der Waals surface area (Å²) in [4.78, 5) is 7.01. The number of rotatable bonds is 4. The van der Waals surface area contributed by atoms with Crippen LogP contribution >= 0.6 is 0 Å². The van der Waals surface area contributed by atoms with Crippen molar-refractivity contribution in [2.45, 2.75) is 38.0 Å². The molecule has 9 heteroatoms. The molecule has 3 aromatic rings. The van der Waals surface area contributed by atoms with E-state index < -0.39 is 12.1 Å². The molecule has 1 aliphatic rings. The molecule has 156 valence electrons. The van der Waals surface area contributed by atoms with Crippen LogP contribution < -0.4 is 10.1 Å². The lowest BCUT2D eigenvalue weighted by Gasteiger charge is -2.30. The number of fused-ring (bicyclic) bond motifs is 1. The summed E-state index contributed by atoms with van der Waals surface area (Å²) >= 11 is 0. The topological polar surface area (TPSA) is 73.7 Å². The van der Waals surface area contributed by atoms with Crippen molar-refractivity contribution < 1.29 is 22.3 Å². The van der Waals surface area contributed by atoms with E-state index in [1.807, 2.05) is 6.07 Å². The Kier molecular flexibility index (Phi) is 5.24. The Hall–Kier alpha value is -3.28. The van der Waals surface area contributed by atoms with Gasteiger partial charge in [0.15, 0.2) is 0 Å². The van der Waals surface area contributed by atoms with Gasteiger partial charge in [0.25, 0.3) is 0 Å². The van der Waals surface area contributed by atoms with Crippen molar-refractivity contribution in [3.8, 4) is 11.8 Å². The smallest absolute Gasteiger partial charge is 0.391 e. The molecule has 0 amide bonds. The Morgan fingerprint density at radius 3 is 2.60 bits per heavy atom. The quantitative estimate of drug-likeness (QED) is 0.524. The summed E-state index contributed by atoms with van der Waals surface area (Å²) in [7, 11) is 0. The van der Waals surface area contributed by atoms with Gasteiger partial charge >= 0.3 is 6.18 Å². The number of hydrogen-bond donors (Lipinski definition) is 2. The summed E-state index contributed by atoms with van der Waals surface area (Å²) in [6.07, 6.45) is -2.59. The maximum atomic E-state index is 13.6. The number of aromatic nitrogens is 2. The molecule has 1 aliphatic carbocycles. The molecular weight excluding hydrogens is 400 g/mol. The average molecular weight is 418 g/mol. The molecular formula is C21H18F4N4O. The first-order chi connectivity index (χ1) is 14.3. The number of ether oxygens (including phenoxy) is 1. The van der Waals surface area contributed by atoms with Gasteiger partial charge in [0.2, 0.25) is 0 Å². The molecule has 2 aromatic heterocycles. The number of nitrogens with one attached hydrogen (secondary N) is 2. The van der Waals surface area contributed by atoms with Gasteiger partial charge in [-0.25, -0.2) is 9.37 Å². The molecule has 0 aliphatic heterocycles. The van der Waals surface area contributed by atoms with Gasteiger partial charge in [0, 0.05) is 29.4 Å². The number of hydrogen-bond acceptors (Lipinski definition) is 4. The molecule has 2 N–H and O–H groups in total. The third kappa shape index (κ3) is 4.32. The fourth-order valence-corrected chi connectivity index (χ4v) is 3.71. The van der Waals surface area contributed by atoms with Gasteiger partial charge in [-0.2, -0.15) is 18.4 Å². The molecule has 0 bridgehead atoms. The number of aromatic amines is 1. The van der Waals surface area contributed by atoms with E-state index in [4.69, 9.17) is 4.74 Å². The van der Waals surface area contributed by atoms with E-state index >= 15 is 0 Å². The molecule has 1 aromatic carbocycles. The third-order valence-corrected chi connectivity index (χ3v) is 5.26. The van der Waals surface area contributed by atoms with E-state index in [2.05, 4.69) is 15.3 Å². The lowest BCUT2D eigenvalue weighted by atomic mass is 9.87. The number of benzene rings is 1. The Balaban J connectivity index is 1.48. The molecule has 0 unspecified atom stereocenters. The van der Waals surface area contributed by atoms with Crippen LogP contribution in [0.15, 0.2) is 36.5 Å². The predicted molar refractivity (Wildman–Crippen MR) is 103 cm³/mol. The molecule has 5 nitrogen and oxygen atoms in total. The molecule has 1 fully saturated rings. The molecule has 1 saturated carbocycles. The monoisotopic (exact) mass is 418 g/mol. The lowest BCUT2D eigenvalue weighted by Crippen LogP contribution is -2.31. The van der Waals surface area contributed by atoms with Gasteiger partial charge < -0.3 is 15.0 Å². The first-order valence-electron chi connectivity index (χ1n) is 9.51. The van der Waals surface area contributed by atoms with Gasteiger partial charge in [-0.15, -0.1) is 0 Å². The zero-order chi connectivity index (χ0) is 21.3. The van der Waals surface area contributed by atoms with Gasteiger partial charge in [-0.3, -0.25) is 0 Å². The molecule has 0 saturated heterocycles. The number of halogens is 4. The largest absolute Gasteiger partial charge is 0.490 e. The first kappa shape index (κ1) is 20.0. The maximum absolute atomic E-state index is 13.6. The van der Waals surface area contributed by atoms with Crippen LogP contribution in [0, 0.1) is 23.1 Å². The number of anilines is 2. The summed E-state index contributed by atoms with van der Waals surface area (Å²) in [5.74, 6) is -0.919. The highest BCUT2D eigenvalue weighted by Gasteiger charge is 2.41. The summed E-state index contributed by atoms with van der Waals surface area (Å²) in [5.41, 5.74) is 1.35. The highest BCUT2D eigenvalue weighted by atomic mass is 19.4. The van der Waals surface area contributed by atoms with E-state index in [9.17, 15) is 22.8 Å². The number of nitrogens with zero attached hydrogens (tertiary/aromatic N) is 2. The van der Waals surface area contributed by atoms with Gasteiger partial charge in [-0.1, -0.05) is 0 Å². The molecule has 0 spiro atoms. The van der Waals surface area contributed by atoms with Crippen molar-refractivity contribution in [3.63, 3.8) is 0 Å². The van der Waals surface area contributed by atoms with E-state index in [1.54, 1.807) is 24.3 Å². The summed E-state index contributed by atoms with van der Waals surface area (Å²) in [6.45, 7) is 0. The van der Waals surface area contributed by atoms with Crippen molar-refractivity contribution in [2.24, 2.45) is 5.92 Å². The second-order valence-electron chi connectivity index (χ2n) is 7.34. The van der Waals surface area contributed by atoms with Crippen molar-refractivity contribution in [2.75, 3.05) is 5.32 Å². The van der Waals surface area contributed by atoms with E-state index in [1.165, 1.54) is 12.3 Å². The van der Waals surface area contributed by atoms with Crippen molar-refractivity contribution >= 4 is 22.4 Å². The number of pyridine rings is 1. The highest BCUT2D eigenvalue weighted by molar-refractivity contribution is 5.84. The van der Waals surface area contributed by atoms with Crippen LogP contribution in [0.2, 0.25) is 0 Å². The molecule has 2 heterocycles. The first-order valence-corrected chi connectivity index (χ1v) is 9.51. The molecule has 4 rings (SSSR count). The normalized spacial score (nSPS) is 19.4. The lowest BCUT2D eigenvalue weighted by molar-refractivity contribution is -0.185. The fourth-order valence-electron chi connectivity index (χ4n) is 3.71. The van der Waals surface area contributed by atoms with Crippen molar-refractivity contribution in [1.82, 2.24) is 9.97 Å². The summed E-state index contributed by atoms with van der Waals surface area (Å²) < 4.78 is 58.0. The van der Waals surface area contributed by atoms with Crippen molar-refractivity contribution in [3.05, 3.63) is 48.0 Å². The minimum atomic E-state index is -4.17. The minimum absolute atomic E-state index is 0.0299. The second kappa shape index (κ2) is 7.86. The van der Waals surface area contributed by atoms with E-state index in [0.29, 0.717) is 41.0 Å². The Morgan fingerprint density at radius 2 is 1.90 bits per heavy atom. The van der Waals surface area contributed by atoms with Crippen LogP contribution in [0.1, 0.15) is 31.4 Å². The number of nitriles is 1. The zero-order valence-corrected chi connectivity index (χ0v) is 15.8. The van der Waals surface area contributed by atoms with E-state index in [-0.39, 0.29) is 30.5 Å².